The number of nitrogens with one attached hydrogen (secondary N) is 2. The zero-order valence-corrected chi connectivity index (χ0v) is 20.5. The van der Waals surface area contributed by atoms with Crippen molar-refractivity contribution in [3.8, 4) is 0 Å². The third-order valence-electron chi connectivity index (χ3n) is 5.77. The molecule has 0 aromatic heterocycles. The van der Waals surface area contributed by atoms with Gasteiger partial charge in [-0.15, -0.1) is 4.91 Å². The maximum Gasteiger partial charge on any atom is 0.133 e. The van der Waals surface area contributed by atoms with Crippen LogP contribution in [0.25, 0.3) is 0 Å². The largest absolute Gasteiger partial charge is 0.397 e. The van der Waals surface area contributed by atoms with Gasteiger partial charge < -0.3 is 46.6 Å². The third-order valence-corrected chi connectivity index (χ3v) is 5.77. The predicted molar refractivity (Wildman–Crippen MR) is 149 cm³/mol. The molecule has 0 aliphatic carbocycles. The van der Waals surface area contributed by atoms with E-state index in [0.717, 1.165) is 22.7 Å². The molecule has 198 valence electrons. The van der Waals surface area contributed by atoms with E-state index in [9.17, 15) is 25.3 Å². The number of hydrogen-bond donors (Lipinski definition) is 7. The lowest BCUT2D eigenvalue weighted by molar-refractivity contribution is 0.280. The number of nitrogen functional groups attached to an aromatic ring is 1. The highest BCUT2D eigenvalue weighted by Crippen LogP contribution is 2.37. The van der Waals surface area contributed by atoms with Crippen LogP contribution in [0.15, 0.2) is 65.8 Å². The quantitative estimate of drug-likeness (QED) is 0.119. The topological polar surface area (TPSA) is 167 Å². The van der Waals surface area contributed by atoms with Gasteiger partial charge in [0.05, 0.1) is 43.5 Å². The number of aliphatic hydroxyl groups is 4. The zero-order valence-electron chi connectivity index (χ0n) is 20.5. The van der Waals surface area contributed by atoms with Gasteiger partial charge >= 0.3 is 0 Å². The molecule has 0 saturated carbocycles. The van der Waals surface area contributed by atoms with Crippen LogP contribution in [-0.2, 0) is 0 Å². The SMILES string of the molecule is Nc1cc(N=O)c(Nc2ccc(N(CCO)CCO)cc2)cc1Nc1ccc(N(CCO)CCO)cc1. The summed E-state index contributed by atoms with van der Waals surface area (Å²) in [5, 5.41) is 46.6. The van der Waals surface area contributed by atoms with Crippen LogP contribution < -0.4 is 26.2 Å². The molecule has 0 radical (unpaired) electrons. The van der Waals surface area contributed by atoms with E-state index in [0.29, 0.717) is 43.2 Å². The molecule has 11 nitrogen and oxygen atoms in total. The monoisotopic (exact) mass is 510 g/mol. The number of nitroso groups, excluding NO2 is 1. The molecule has 0 aliphatic heterocycles. The Balaban J connectivity index is 1.78. The molecule has 3 aromatic rings. The fraction of sp³-hybridized carbons (Fsp3) is 0.308. The van der Waals surface area contributed by atoms with E-state index in [2.05, 4.69) is 15.8 Å². The molecular weight excluding hydrogens is 476 g/mol. The van der Waals surface area contributed by atoms with E-state index in [1.54, 1.807) is 6.07 Å². The van der Waals surface area contributed by atoms with E-state index in [4.69, 9.17) is 5.73 Å². The predicted octanol–water partition coefficient (Wildman–Crippen LogP) is 2.74. The lowest BCUT2D eigenvalue weighted by Crippen LogP contribution is -2.29. The second kappa shape index (κ2) is 14.0. The molecule has 0 fully saturated rings. The van der Waals surface area contributed by atoms with E-state index in [1.807, 2.05) is 58.3 Å². The first kappa shape index (κ1) is 27.7. The van der Waals surface area contributed by atoms with Gasteiger partial charge in [-0.25, -0.2) is 0 Å². The van der Waals surface area contributed by atoms with Crippen molar-refractivity contribution in [2.45, 2.75) is 0 Å². The summed E-state index contributed by atoms with van der Waals surface area (Å²) in [5.41, 5.74) is 10.9. The number of nitrogens with zero attached hydrogens (tertiary/aromatic N) is 3. The van der Waals surface area contributed by atoms with Gasteiger partial charge in [0.25, 0.3) is 0 Å². The molecule has 0 unspecified atom stereocenters. The maximum atomic E-state index is 11.5. The molecule has 0 heterocycles. The van der Waals surface area contributed by atoms with Gasteiger partial charge in [0, 0.05) is 48.9 Å². The van der Waals surface area contributed by atoms with Gasteiger partial charge in [-0.1, -0.05) is 0 Å². The van der Waals surface area contributed by atoms with Crippen LogP contribution in [0.4, 0.5) is 45.5 Å². The molecule has 0 amide bonds. The van der Waals surface area contributed by atoms with Crippen LogP contribution in [0, 0.1) is 4.91 Å². The Hall–Kier alpha value is -3.90. The summed E-state index contributed by atoms with van der Waals surface area (Å²) in [6.45, 7) is 1.55. The highest BCUT2D eigenvalue weighted by Gasteiger charge is 2.12. The van der Waals surface area contributed by atoms with Crippen molar-refractivity contribution in [1.29, 1.82) is 0 Å². The van der Waals surface area contributed by atoms with Crippen molar-refractivity contribution >= 4 is 45.5 Å². The summed E-state index contributed by atoms with van der Waals surface area (Å²) in [5.74, 6) is 0. The number of nitrogens with two attached hydrogens (primary N) is 1. The van der Waals surface area contributed by atoms with Crippen molar-refractivity contribution < 1.29 is 20.4 Å². The minimum Gasteiger partial charge on any atom is -0.397 e. The Labute approximate surface area is 215 Å². The fourth-order valence-corrected chi connectivity index (χ4v) is 3.93. The standard InChI is InChI=1S/C26H34N6O5/c27-23-17-26(30-37)25(29-20-3-7-22(8-4-20)32(11-15-35)12-16-36)18-24(23)28-19-1-5-21(6-2-19)31(9-13-33)10-14-34/h1-8,17-18,28-29,33-36H,9-16,27H2. The first-order valence-electron chi connectivity index (χ1n) is 12.0. The van der Waals surface area contributed by atoms with Crippen LogP contribution in [0.3, 0.4) is 0 Å². The second-order valence-electron chi connectivity index (χ2n) is 8.26. The lowest BCUT2D eigenvalue weighted by Gasteiger charge is -2.23. The Morgan fingerprint density at radius 2 is 1.05 bits per heavy atom. The number of aliphatic hydroxyl groups excluding tert-OH is 4. The molecular formula is C26H34N6O5. The highest BCUT2D eigenvalue weighted by atomic mass is 16.3. The minimum absolute atomic E-state index is 0.0181. The molecule has 37 heavy (non-hydrogen) atoms. The van der Waals surface area contributed by atoms with Gasteiger partial charge in [0.15, 0.2) is 0 Å². The van der Waals surface area contributed by atoms with E-state index >= 15 is 0 Å². The van der Waals surface area contributed by atoms with Crippen molar-refractivity contribution in [3.05, 3.63) is 65.6 Å². The molecule has 0 saturated heterocycles. The summed E-state index contributed by atoms with van der Waals surface area (Å²) in [4.78, 5) is 15.2. The summed E-state index contributed by atoms with van der Waals surface area (Å²) in [6, 6.07) is 18.1. The van der Waals surface area contributed by atoms with Crippen molar-refractivity contribution in [2.24, 2.45) is 5.18 Å². The first-order valence-corrected chi connectivity index (χ1v) is 12.0. The molecule has 0 bridgehead atoms. The Morgan fingerprint density at radius 3 is 1.43 bits per heavy atom. The average Bonchev–Trinajstić information content (AvgIpc) is 2.91. The van der Waals surface area contributed by atoms with Crippen molar-refractivity contribution in [1.82, 2.24) is 0 Å². The Kier molecular flexibility index (Phi) is 10.5. The number of benzene rings is 3. The van der Waals surface area contributed by atoms with Crippen LogP contribution in [0.2, 0.25) is 0 Å². The summed E-state index contributed by atoms with van der Waals surface area (Å²) in [7, 11) is 0. The van der Waals surface area contributed by atoms with Gasteiger partial charge in [-0.3, -0.25) is 0 Å². The second-order valence-corrected chi connectivity index (χ2v) is 8.26. The Morgan fingerprint density at radius 1 is 0.649 bits per heavy atom. The normalized spacial score (nSPS) is 10.7. The fourth-order valence-electron chi connectivity index (χ4n) is 3.93. The summed E-state index contributed by atoms with van der Waals surface area (Å²) in [6.07, 6.45) is 0. The average molecular weight is 511 g/mol. The van der Waals surface area contributed by atoms with Crippen LogP contribution in [0.1, 0.15) is 0 Å². The Bertz CT molecular complexity index is 1120. The molecule has 8 N–H and O–H groups in total. The van der Waals surface area contributed by atoms with Crippen LogP contribution >= 0.6 is 0 Å². The van der Waals surface area contributed by atoms with Crippen molar-refractivity contribution in [2.75, 3.05) is 78.8 Å². The smallest absolute Gasteiger partial charge is 0.133 e. The lowest BCUT2D eigenvalue weighted by atomic mass is 10.1. The number of rotatable bonds is 15. The number of hydrogen-bond acceptors (Lipinski definition) is 11. The van der Waals surface area contributed by atoms with E-state index < -0.39 is 0 Å². The molecule has 0 spiro atoms. The molecule has 11 heteroatoms. The molecule has 3 aromatic carbocycles. The van der Waals surface area contributed by atoms with E-state index in [1.165, 1.54) is 6.07 Å². The maximum absolute atomic E-state index is 11.5. The molecule has 0 atom stereocenters. The summed E-state index contributed by atoms with van der Waals surface area (Å²) < 4.78 is 0. The minimum atomic E-state index is -0.0259. The molecule has 0 aliphatic rings. The van der Waals surface area contributed by atoms with Gasteiger partial charge in [0.2, 0.25) is 0 Å². The van der Waals surface area contributed by atoms with Gasteiger partial charge in [-0.2, -0.15) is 0 Å². The number of anilines is 7. The van der Waals surface area contributed by atoms with E-state index in [-0.39, 0.29) is 32.1 Å². The third kappa shape index (κ3) is 7.54. The zero-order chi connectivity index (χ0) is 26.6. The van der Waals surface area contributed by atoms with Crippen LogP contribution in [0.5, 0.6) is 0 Å². The van der Waals surface area contributed by atoms with Gasteiger partial charge in [0.1, 0.15) is 5.69 Å². The van der Waals surface area contributed by atoms with Crippen molar-refractivity contribution in [3.63, 3.8) is 0 Å². The highest BCUT2D eigenvalue weighted by molar-refractivity contribution is 5.85. The molecule has 3 rings (SSSR count). The first-order chi connectivity index (χ1) is 18.0. The van der Waals surface area contributed by atoms with Gasteiger partial charge in [-0.05, 0) is 65.8 Å². The van der Waals surface area contributed by atoms with Crippen LogP contribution in [-0.4, -0.2) is 73.0 Å². The summed E-state index contributed by atoms with van der Waals surface area (Å²) >= 11 is 0.